The standard InChI is InChI=1S/C18H29N3/c1-3-8-19-14-16-4-5-18(13-15(16)2)21-11-9-20(10-12-21)17-6-7-17/h4-5,13,17,19H,3,6-12,14H2,1-2H3. The van der Waals surface area contributed by atoms with Gasteiger partial charge in [-0.15, -0.1) is 0 Å². The zero-order valence-corrected chi connectivity index (χ0v) is 13.6. The van der Waals surface area contributed by atoms with Crippen LogP contribution in [0.4, 0.5) is 5.69 Å². The molecule has 1 N–H and O–H groups in total. The molecule has 1 aliphatic heterocycles. The fourth-order valence-electron chi connectivity index (χ4n) is 3.26. The molecule has 3 heteroatoms. The van der Waals surface area contributed by atoms with Crippen LogP contribution in [0.15, 0.2) is 18.2 Å². The average molecular weight is 287 g/mol. The summed E-state index contributed by atoms with van der Waals surface area (Å²) < 4.78 is 0. The molecule has 2 fully saturated rings. The van der Waals surface area contributed by atoms with E-state index < -0.39 is 0 Å². The molecule has 21 heavy (non-hydrogen) atoms. The second-order valence-electron chi connectivity index (χ2n) is 6.54. The van der Waals surface area contributed by atoms with Gasteiger partial charge in [-0.05, 0) is 56.0 Å². The average Bonchev–Trinajstić information content (AvgIpc) is 3.34. The number of aryl methyl sites for hydroxylation is 1. The van der Waals surface area contributed by atoms with Gasteiger partial charge in [0.25, 0.3) is 0 Å². The molecule has 1 aromatic rings. The predicted octanol–water partition coefficient (Wildman–Crippen LogP) is 2.78. The Labute approximate surface area is 129 Å². The third-order valence-electron chi connectivity index (χ3n) is 4.81. The molecule has 3 rings (SSSR count). The normalized spacial score (nSPS) is 20.0. The fraction of sp³-hybridized carbons (Fsp3) is 0.667. The summed E-state index contributed by atoms with van der Waals surface area (Å²) in [7, 11) is 0. The van der Waals surface area contributed by atoms with E-state index in [0.717, 1.165) is 19.1 Å². The predicted molar refractivity (Wildman–Crippen MR) is 90.0 cm³/mol. The van der Waals surface area contributed by atoms with Gasteiger partial charge in [0.2, 0.25) is 0 Å². The highest BCUT2D eigenvalue weighted by molar-refractivity contribution is 5.51. The molecule has 0 bridgehead atoms. The van der Waals surface area contributed by atoms with E-state index in [2.05, 4.69) is 47.2 Å². The quantitative estimate of drug-likeness (QED) is 0.812. The van der Waals surface area contributed by atoms with Crippen molar-refractivity contribution in [2.45, 2.75) is 45.7 Å². The molecule has 1 saturated heterocycles. The molecule has 0 amide bonds. The molecule has 0 aromatic heterocycles. The molecule has 0 atom stereocenters. The van der Waals surface area contributed by atoms with E-state index in [0.29, 0.717) is 0 Å². The maximum absolute atomic E-state index is 3.50. The number of hydrogen-bond acceptors (Lipinski definition) is 3. The minimum atomic E-state index is 0.918. The van der Waals surface area contributed by atoms with Crippen molar-refractivity contribution in [2.75, 3.05) is 37.6 Å². The van der Waals surface area contributed by atoms with E-state index in [-0.39, 0.29) is 0 Å². The summed E-state index contributed by atoms with van der Waals surface area (Å²) in [4.78, 5) is 5.22. The number of nitrogens with one attached hydrogen (secondary N) is 1. The van der Waals surface area contributed by atoms with Gasteiger partial charge in [-0.25, -0.2) is 0 Å². The number of benzene rings is 1. The third-order valence-corrected chi connectivity index (χ3v) is 4.81. The molecule has 116 valence electrons. The van der Waals surface area contributed by atoms with Gasteiger partial charge in [-0.3, -0.25) is 4.90 Å². The van der Waals surface area contributed by atoms with Crippen molar-refractivity contribution in [1.82, 2.24) is 10.2 Å². The Morgan fingerprint density at radius 2 is 1.90 bits per heavy atom. The number of piperazine rings is 1. The van der Waals surface area contributed by atoms with Crippen molar-refractivity contribution < 1.29 is 0 Å². The van der Waals surface area contributed by atoms with E-state index in [1.165, 1.54) is 62.3 Å². The smallest absolute Gasteiger partial charge is 0.0369 e. The molecule has 0 spiro atoms. The second kappa shape index (κ2) is 6.80. The zero-order valence-electron chi connectivity index (χ0n) is 13.6. The molecule has 0 unspecified atom stereocenters. The zero-order chi connectivity index (χ0) is 14.7. The van der Waals surface area contributed by atoms with Gasteiger partial charge in [-0.2, -0.15) is 0 Å². The van der Waals surface area contributed by atoms with Crippen molar-refractivity contribution in [3.63, 3.8) is 0 Å². The summed E-state index contributed by atoms with van der Waals surface area (Å²) in [6.45, 7) is 11.4. The Bertz CT molecular complexity index is 460. The van der Waals surface area contributed by atoms with E-state index in [4.69, 9.17) is 0 Å². The van der Waals surface area contributed by atoms with Crippen LogP contribution in [0.1, 0.15) is 37.3 Å². The van der Waals surface area contributed by atoms with E-state index >= 15 is 0 Å². The van der Waals surface area contributed by atoms with Crippen molar-refractivity contribution >= 4 is 5.69 Å². The van der Waals surface area contributed by atoms with Gasteiger partial charge in [-0.1, -0.05) is 13.0 Å². The molecule has 0 radical (unpaired) electrons. The first-order valence-corrected chi connectivity index (χ1v) is 8.57. The topological polar surface area (TPSA) is 18.5 Å². The van der Waals surface area contributed by atoms with E-state index in [9.17, 15) is 0 Å². The monoisotopic (exact) mass is 287 g/mol. The third kappa shape index (κ3) is 3.78. The first kappa shape index (κ1) is 14.9. The summed E-state index contributed by atoms with van der Waals surface area (Å²) in [6, 6.07) is 7.90. The Morgan fingerprint density at radius 3 is 2.52 bits per heavy atom. The Hall–Kier alpha value is -1.06. The van der Waals surface area contributed by atoms with Crippen LogP contribution in [0, 0.1) is 6.92 Å². The summed E-state index contributed by atoms with van der Waals surface area (Å²) in [5.74, 6) is 0. The van der Waals surface area contributed by atoms with Crippen LogP contribution in [-0.2, 0) is 6.54 Å². The Balaban J connectivity index is 1.57. The lowest BCUT2D eigenvalue weighted by molar-refractivity contribution is 0.248. The highest BCUT2D eigenvalue weighted by atomic mass is 15.3. The number of rotatable bonds is 6. The minimum absolute atomic E-state index is 0.918. The first-order chi connectivity index (χ1) is 10.3. The van der Waals surface area contributed by atoms with E-state index in [1.807, 2.05) is 0 Å². The summed E-state index contributed by atoms with van der Waals surface area (Å²) in [5, 5.41) is 3.50. The van der Waals surface area contributed by atoms with Gasteiger partial charge in [0.05, 0.1) is 0 Å². The van der Waals surface area contributed by atoms with Gasteiger partial charge >= 0.3 is 0 Å². The highest BCUT2D eigenvalue weighted by Gasteiger charge is 2.31. The van der Waals surface area contributed by atoms with Crippen molar-refractivity contribution in [3.05, 3.63) is 29.3 Å². The summed E-state index contributed by atoms with van der Waals surface area (Å²) in [6.07, 6.45) is 4.06. The molecular formula is C18H29N3. The SMILES string of the molecule is CCCNCc1ccc(N2CCN(C3CC3)CC2)cc1C. The van der Waals surface area contributed by atoms with Crippen LogP contribution in [0.2, 0.25) is 0 Å². The molecule has 3 nitrogen and oxygen atoms in total. The van der Waals surface area contributed by atoms with Crippen molar-refractivity contribution in [1.29, 1.82) is 0 Å². The molecule has 1 heterocycles. The lowest BCUT2D eigenvalue weighted by Crippen LogP contribution is -2.47. The molecule has 1 saturated carbocycles. The number of nitrogens with zero attached hydrogens (tertiary/aromatic N) is 2. The minimum Gasteiger partial charge on any atom is -0.369 e. The maximum Gasteiger partial charge on any atom is 0.0369 e. The number of anilines is 1. The molecule has 1 aromatic carbocycles. The van der Waals surface area contributed by atoms with Crippen LogP contribution < -0.4 is 10.2 Å². The summed E-state index contributed by atoms with van der Waals surface area (Å²) in [5.41, 5.74) is 4.26. The highest BCUT2D eigenvalue weighted by Crippen LogP contribution is 2.28. The van der Waals surface area contributed by atoms with Gasteiger partial charge in [0.15, 0.2) is 0 Å². The van der Waals surface area contributed by atoms with E-state index in [1.54, 1.807) is 0 Å². The molecule has 2 aliphatic rings. The molecule has 1 aliphatic carbocycles. The van der Waals surface area contributed by atoms with Crippen LogP contribution in [0.3, 0.4) is 0 Å². The lowest BCUT2D eigenvalue weighted by atomic mass is 10.1. The van der Waals surface area contributed by atoms with Gasteiger partial charge in [0.1, 0.15) is 0 Å². The van der Waals surface area contributed by atoms with Crippen LogP contribution in [0.25, 0.3) is 0 Å². The Kier molecular flexibility index (Phi) is 4.81. The largest absolute Gasteiger partial charge is 0.369 e. The van der Waals surface area contributed by atoms with Crippen molar-refractivity contribution in [3.8, 4) is 0 Å². The van der Waals surface area contributed by atoms with Crippen LogP contribution >= 0.6 is 0 Å². The summed E-state index contributed by atoms with van der Waals surface area (Å²) >= 11 is 0. The number of hydrogen-bond donors (Lipinski definition) is 1. The van der Waals surface area contributed by atoms with Crippen molar-refractivity contribution in [2.24, 2.45) is 0 Å². The first-order valence-electron chi connectivity index (χ1n) is 8.57. The van der Waals surface area contributed by atoms with Crippen LogP contribution in [0.5, 0.6) is 0 Å². The second-order valence-corrected chi connectivity index (χ2v) is 6.54. The maximum atomic E-state index is 3.50. The molecular weight excluding hydrogens is 258 g/mol. The van der Waals surface area contributed by atoms with Gasteiger partial charge < -0.3 is 10.2 Å². The Morgan fingerprint density at radius 1 is 1.14 bits per heavy atom. The van der Waals surface area contributed by atoms with Crippen LogP contribution in [-0.4, -0.2) is 43.7 Å². The lowest BCUT2D eigenvalue weighted by Gasteiger charge is -2.36. The van der Waals surface area contributed by atoms with Gasteiger partial charge in [0, 0.05) is 44.5 Å². The fourth-order valence-corrected chi connectivity index (χ4v) is 3.26.